The van der Waals surface area contributed by atoms with E-state index in [9.17, 15) is 4.79 Å². The van der Waals surface area contributed by atoms with E-state index in [0.717, 1.165) is 71.0 Å². The molecule has 170 valence electrons. The van der Waals surface area contributed by atoms with E-state index in [2.05, 4.69) is 22.1 Å². The summed E-state index contributed by atoms with van der Waals surface area (Å²) in [5.41, 5.74) is -0.437. The standard InChI is InChI=1S/C21H40N4O3.HI/c1-6-27-18-10-14-24(15-11-18)19(22-5)23-12-9-17-8-7-13-25(16-17)20(26)28-21(2,3)4;/h17-18H,6-16H2,1-5H3,(H,22,23);1H. The maximum atomic E-state index is 12.3. The Morgan fingerprint density at radius 1 is 1.14 bits per heavy atom. The minimum atomic E-state index is -0.437. The number of guanidine groups is 1. The Bertz CT molecular complexity index is 517. The number of hydrogen-bond donors (Lipinski definition) is 1. The van der Waals surface area contributed by atoms with Crippen LogP contribution in [0.5, 0.6) is 0 Å². The average molecular weight is 524 g/mol. The summed E-state index contributed by atoms with van der Waals surface area (Å²) in [6.07, 6.45) is 5.57. The molecule has 1 atom stereocenters. The van der Waals surface area contributed by atoms with Crippen LogP contribution in [0.4, 0.5) is 4.79 Å². The fourth-order valence-corrected chi connectivity index (χ4v) is 3.98. The molecular formula is C21H41IN4O3. The van der Waals surface area contributed by atoms with Gasteiger partial charge in [-0.05, 0) is 65.7 Å². The summed E-state index contributed by atoms with van der Waals surface area (Å²) in [5.74, 6) is 1.49. The van der Waals surface area contributed by atoms with Gasteiger partial charge in [0.15, 0.2) is 5.96 Å². The lowest BCUT2D eigenvalue weighted by atomic mass is 9.95. The lowest BCUT2D eigenvalue weighted by Gasteiger charge is -2.35. The van der Waals surface area contributed by atoms with E-state index in [1.165, 1.54) is 6.42 Å². The van der Waals surface area contributed by atoms with Crippen LogP contribution in [-0.4, -0.2) is 79.9 Å². The van der Waals surface area contributed by atoms with Crippen molar-refractivity contribution in [1.29, 1.82) is 0 Å². The molecule has 2 fully saturated rings. The van der Waals surface area contributed by atoms with Crippen molar-refractivity contribution < 1.29 is 14.3 Å². The summed E-state index contributed by atoms with van der Waals surface area (Å²) >= 11 is 0. The van der Waals surface area contributed by atoms with Crippen molar-refractivity contribution in [3.8, 4) is 0 Å². The van der Waals surface area contributed by atoms with Crippen LogP contribution < -0.4 is 5.32 Å². The third-order valence-electron chi connectivity index (χ3n) is 5.36. The second kappa shape index (κ2) is 12.8. The first kappa shape index (κ1) is 26.3. The van der Waals surface area contributed by atoms with E-state index in [1.54, 1.807) is 0 Å². The van der Waals surface area contributed by atoms with Gasteiger partial charge in [0.25, 0.3) is 0 Å². The highest BCUT2D eigenvalue weighted by atomic mass is 127. The third kappa shape index (κ3) is 9.27. The summed E-state index contributed by atoms with van der Waals surface area (Å²) in [4.78, 5) is 21.0. The second-order valence-corrected chi connectivity index (χ2v) is 8.84. The zero-order chi connectivity index (χ0) is 20.6. The van der Waals surface area contributed by atoms with E-state index in [1.807, 2.05) is 32.7 Å². The number of carbonyl (C=O) groups excluding carboxylic acids is 1. The molecular weight excluding hydrogens is 483 g/mol. The van der Waals surface area contributed by atoms with Crippen molar-refractivity contribution in [2.75, 3.05) is 46.4 Å². The molecule has 2 saturated heterocycles. The summed E-state index contributed by atoms with van der Waals surface area (Å²) in [6, 6.07) is 0. The maximum Gasteiger partial charge on any atom is 0.410 e. The third-order valence-corrected chi connectivity index (χ3v) is 5.36. The molecule has 2 aliphatic heterocycles. The van der Waals surface area contributed by atoms with Crippen molar-refractivity contribution in [1.82, 2.24) is 15.1 Å². The minimum Gasteiger partial charge on any atom is -0.444 e. The highest BCUT2D eigenvalue weighted by Crippen LogP contribution is 2.21. The van der Waals surface area contributed by atoms with Gasteiger partial charge in [0.1, 0.15) is 5.60 Å². The second-order valence-electron chi connectivity index (χ2n) is 8.84. The molecule has 2 aliphatic rings. The van der Waals surface area contributed by atoms with Crippen LogP contribution in [0.15, 0.2) is 4.99 Å². The van der Waals surface area contributed by atoms with Gasteiger partial charge in [0.2, 0.25) is 0 Å². The Kier molecular flexibility index (Phi) is 11.6. The lowest BCUT2D eigenvalue weighted by Crippen LogP contribution is -2.48. The van der Waals surface area contributed by atoms with Gasteiger partial charge in [-0.3, -0.25) is 4.99 Å². The van der Waals surface area contributed by atoms with Crippen molar-refractivity contribution >= 4 is 36.0 Å². The maximum absolute atomic E-state index is 12.3. The molecule has 0 aromatic rings. The van der Waals surface area contributed by atoms with Crippen molar-refractivity contribution in [2.45, 2.75) is 71.5 Å². The number of aliphatic imine (C=N–C) groups is 1. The predicted octanol–water partition coefficient (Wildman–Crippen LogP) is 3.72. The van der Waals surface area contributed by atoms with Crippen LogP contribution in [0.3, 0.4) is 0 Å². The molecule has 2 rings (SSSR count). The van der Waals surface area contributed by atoms with Gasteiger partial charge in [0.05, 0.1) is 6.10 Å². The highest BCUT2D eigenvalue weighted by Gasteiger charge is 2.27. The topological polar surface area (TPSA) is 66.4 Å². The van der Waals surface area contributed by atoms with Gasteiger partial charge in [0, 0.05) is 46.4 Å². The average Bonchev–Trinajstić information content (AvgIpc) is 2.65. The fraction of sp³-hybridized carbons (Fsp3) is 0.905. The van der Waals surface area contributed by atoms with Gasteiger partial charge in [-0.15, -0.1) is 24.0 Å². The molecule has 0 bridgehead atoms. The van der Waals surface area contributed by atoms with Gasteiger partial charge in [-0.2, -0.15) is 0 Å². The molecule has 0 radical (unpaired) electrons. The molecule has 0 spiro atoms. The molecule has 1 unspecified atom stereocenters. The number of ether oxygens (including phenoxy) is 2. The number of piperidine rings is 2. The van der Waals surface area contributed by atoms with Crippen LogP contribution in [0.2, 0.25) is 0 Å². The van der Waals surface area contributed by atoms with E-state index in [-0.39, 0.29) is 30.1 Å². The van der Waals surface area contributed by atoms with E-state index in [4.69, 9.17) is 9.47 Å². The SMILES string of the molecule is CCOC1CCN(C(=NC)NCCC2CCCN(C(=O)OC(C)(C)C)C2)CC1.I. The van der Waals surface area contributed by atoms with Gasteiger partial charge in [-0.25, -0.2) is 4.79 Å². The van der Waals surface area contributed by atoms with Crippen LogP contribution in [-0.2, 0) is 9.47 Å². The van der Waals surface area contributed by atoms with Crippen LogP contribution >= 0.6 is 24.0 Å². The Balaban J connectivity index is 0.00000420. The van der Waals surface area contributed by atoms with Crippen molar-refractivity contribution in [2.24, 2.45) is 10.9 Å². The Hall–Kier alpha value is -0.770. The molecule has 0 aromatic carbocycles. The summed E-state index contributed by atoms with van der Waals surface area (Å²) in [7, 11) is 1.85. The zero-order valence-electron chi connectivity index (χ0n) is 18.9. The highest BCUT2D eigenvalue weighted by molar-refractivity contribution is 14.0. The fourth-order valence-electron chi connectivity index (χ4n) is 3.98. The minimum absolute atomic E-state index is 0. The Labute approximate surface area is 194 Å². The normalized spacial score (nSPS) is 21.6. The molecule has 2 heterocycles. The number of rotatable bonds is 5. The smallest absolute Gasteiger partial charge is 0.410 e. The molecule has 1 amide bonds. The molecule has 29 heavy (non-hydrogen) atoms. The van der Waals surface area contributed by atoms with E-state index in [0.29, 0.717) is 12.0 Å². The Morgan fingerprint density at radius 2 is 1.83 bits per heavy atom. The predicted molar refractivity (Wildman–Crippen MR) is 128 cm³/mol. The number of nitrogens with zero attached hydrogens (tertiary/aromatic N) is 3. The first-order chi connectivity index (χ1) is 13.3. The number of carbonyl (C=O) groups is 1. The van der Waals surface area contributed by atoms with Gasteiger partial charge in [-0.1, -0.05) is 0 Å². The van der Waals surface area contributed by atoms with Crippen molar-refractivity contribution in [3.05, 3.63) is 0 Å². The number of nitrogens with one attached hydrogen (secondary N) is 1. The molecule has 0 saturated carbocycles. The number of halogens is 1. The number of likely N-dealkylation sites (tertiary alicyclic amines) is 2. The summed E-state index contributed by atoms with van der Waals surface area (Å²) in [6.45, 7) is 13.0. The number of hydrogen-bond acceptors (Lipinski definition) is 4. The van der Waals surface area contributed by atoms with Crippen LogP contribution in [0.25, 0.3) is 0 Å². The molecule has 7 nitrogen and oxygen atoms in total. The number of amides is 1. The molecule has 0 aromatic heterocycles. The largest absolute Gasteiger partial charge is 0.444 e. The first-order valence-corrected chi connectivity index (χ1v) is 10.9. The summed E-state index contributed by atoms with van der Waals surface area (Å²) < 4.78 is 11.3. The van der Waals surface area contributed by atoms with E-state index < -0.39 is 5.60 Å². The first-order valence-electron chi connectivity index (χ1n) is 10.9. The quantitative estimate of drug-likeness (QED) is 0.338. The molecule has 0 aliphatic carbocycles. The Morgan fingerprint density at radius 3 is 2.41 bits per heavy atom. The van der Waals surface area contributed by atoms with Gasteiger partial charge < -0.3 is 24.6 Å². The summed E-state index contributed by atoms with van der Waals surface area (Å²) in [5, 5.41) is 3.52. The zero-order valence-corrected chi connectivity index (χ0v) is 21.2. The van der Waals surface area contributed by atoms with Crippen LogP contribution in [0, 0.1) is 5.92 Å². The lowest BCUT2D eigenvalue weighted by molar-refractivity contribution is 0.0161. The molecule has 1 N–H and O–H groups in total. The monoisotopic (exact) mass is 524 g/mol. The molecule has 8 heteroatoms. The van der Waals surface area contributed by atoms with Crippen molar-refractivity contribution in [3.63, 3.8) is 0 Å². The van der Waals surface area contributed by atoms with Crippen LogP contribution in [0.1, 0.15) is 59.8 Å². The van der Waals surface area contributed by atoms with E-state index >= 15 is 0 Å². The van der Waals surface area contributed by atoms with Gasteiger partial charge >= 0.3 is 6.09 Å².